The Morgan fingerprint density at radius 1 is 0.778 bits per heavy atom. The molecular weight excluding hydrogens is 517 g/mol. The number of hydrogen-bond donors (Lipinski definition) is 0. The minimum Gasteiger partial charge on any atom is -0.459 e. The first kappa shape index (κ1) is 34.6. The van der Waals surface area contributed by atoms with Crippen LogP contribution in [-0.2, 0) is 41.9 Å². The van der Waals surface area contributed by atoms with Gasteiger partial charge >= 0.3 is 25.9 Å². The van der Waals surface area contributed by atoms with Crippen molar-refractivity contribution in [2.24, 2.45) is 5.41 Å². The quantitative estimate of drug-likeness (QED) is 0.0974. The fourth-order valence-corrected chi connectivity index (χ4v) is 4.55. The van der Waals surface area contributed by atoms with Crippen molar-refractivity contribution in [3.8, 4) is 0 Å². The molecule has 0 atom stereocenters. The van der Waals surface area contributed by atoms with E-state index in [1.54, 1.807) is 76.2 Å². The Hall–Kier alpha value is -1.39. The SMILES string of the molecule is CC(C)(CC(=O)OCCl)CN(CC(=O)OC(C)(C)C)C(=O)OCOP(=O)(OC(C)(C)C)OC(C)(C)C. The highest BCUT2D eigenvalue weighted by Gasteiger charge is 2.38. The highest BCUT2D eigenvalue weighted by molar-refractivity contribution is 7.48. The summed E-state index contributed by atoms with van der Waals surface area (Å²) < 4.78 is 44.6. The second-order valence-corrected chi connectivity index (χ2v) is 13.7. The molecule has 0 rings (SSSR count). The van der Waals surface area contributed by atoms with Crippen LogP contribution in [0.5, 0.6) is 0 Å². The maximum absolute atomic E-state index is 13.1. The van der Waals surface area contributed by atoms with Gasteiger partial charge in [-0.3, -0.25) is 23.5 Å². The second-order valence-electron chi connectivity index (χ2n) is 11.9. The molecule has 0 unspecified atom stereocenters. The average Bonchev–Trinajstić information content (AvgIpc) is 2.54. The molecule has 0 aliphatic rings. The third-order valence-corrected chi connectivity index (χ3v) is 5.69. The summed E-state index contributed by atoms with van der Waals surface area (Å²) in [6, 6.07) is -0.302. The lowest BCUT2D eigenvalue weighted by Crippen LogP contribution is -2.44. The minimum atomic E-state index is -4.13. The Balaban J connectivity index is 5.55. The van der Waals surface area contributed by atoms with Gasteiger partial charge in [0.15, 0.2) is 6.07 Å². The van der Waals surface area contributed by atoms with Gasteiger partial charge in [0, 0.05) is 6.54 Å². The van der Waals surface area contributed by atoms with Gasteiger partial charge in [0.05, 0.1) is 17.6 Å². The molecule has 212 valence electrons. The molecule has 36 heavy (non-hydrogen) atoms. The monoisotopic (exact) mass is 559 g/mol. The molecule has 0 aromatic rings. The van der Waals surface area contributed by atoms with E-state index in [2.05, 4.69) is 0 Å². The number of phosphoric ester groups is 1. The lowest BCUT2D eigenvalue weighted by molar-refractivity contribution is -0.156. The average molecular weight is 560 g/mol. The van der Waals surface area contributed by atoms with E-state index in [1.165, 1.54) is 0 Å². The van der Waals surface area contributed by atoms with Gasteiger partial charge in [-0.15, -0.1) is 0 Å². The van der Waals surface area contributed by atoms with Gasteiger partial charge < -0.3 is 14.2 Å². The number of rotatable bonds is 12. The molecular formula is C23H43ClNO10P. The lowest BCUT2D eigenvalue weighted by atomic mass is 9.89. The van der Waals surface area contributed by atoms with Crippen molar-refractivity contribution < 1.29 is 46.7 Å². The van der Waals surface area contributed by atoms with Crippen molar-refractivity contribution in [2.75, 3.05) is 25.9 Å². The molecule has 1 amide bonds. The van der Waals surface area contributed by atoms with E-state index in [1.807, 2.05) is 0 Å². The summed E-state index contributed by atoms with van der Waals surface area (Å²) in [7, 11) is -4.13. The first-order valence-electron chi connectivity index (χ1n) is 11.5. The van der Waals surface area contributed by atoms with Crippen molar-refractivity contribution in [2.45, 2.75) is 99.4 Å². The lowest BCUT2D eigenvalue weighted by Gasteiger charge is -2.32. The van der Waals surface area contributed by atoms with E-state index in [0.29, 0.717) is 0 Å². The fourth-order valence-electron chi connectivity index (χ4n) is 2.76. The van der Waals surface area contributed by atoms with Gasteiger partial charge in [-0.1, -0.05) is 25.4 Å². The van der Waals surface area contributed by atoms with E-state index < -0.39 is 61.4 Å². The zero-order valence-corrected chi connectivity index (χ0v) is 25.0. The van der Waals surface area contributed by atoms with Gasteiger partial charge in [0.2, 0.25) is 6.79 Å². The van der Waals surface area contributed by atoms with Crippen LogP contribution in [0, 0.1) is 5.41 Å². The molecule has 11 nitrogen and oxygen atoms in total. The van der Waals surface area contributed by atoms with E-state index in [9.17, 15) is 18.9 Å². The maximum Gasteiger partial charge on any atom is 0.478 e. The molecule has 0 radical (unpaired) electrons. The Labute approximate surface area is 220 Å². The molecule has 0 N–H and O–H groups in total. The standard InChI is InChI=1S/C23H43ClNO10P/c1-20(2,3)33-18(27)13-25(14-23(10,11)12-17(26)30-15-24)19(28)31-16-32-36(29,34-21(4,5)6)35-22(7,8)9/h12-16H2,1-11H3. The van der Waals surface area contributed by atoms with Crippen LogP contribution < -0.4 is 0 Å². The zero-order valence-electron chi connectivity index (χ0n) is 23.4. The first-order chi connectivity index (χ1) is 16.0. The van der Waals surface area contributed by atoms with Crippen LogP contribution in [0.15, 0.2) is 0 Å². The number of halogens is 1. The summed E-state index contributed by atoms with van der Waals surface area (Å²) in [4.78, 5) is 38.3. The van der Waals surface area contributed by atoms with Crippen molar-refractivity contribution >= 4 is 37.5 Å². The minimum absolute atomic E-state index is 0.0723. The Morgan fingerprint density at radius 3 is 1.69 bits per heavy atom. The van der Waals surface area contributed by atoms with Crippen molar-refractivity contribution in [1.82, 2.24) is 4.90 Å². The van der Waals surface area contributed by atoms with Crippen LogP contribution >= 0.6 is 19.4 Å². The van der Waals surface area contributed by atoms with E-state index in [-0.39, 0.29) is 19.0 Å². The second kappa shape index (κ2) is 13.4. The molecule has 0 spiro atoms. The smallest absolute Gasteiger partial charge is 0.459 e. The zero-order chi connectivity index (χ0) is 28.6. The molecule has 0 aromatic heterocycles. The predicted octanol–water partition coefficient (Wildman–Crippen LogP) is 5.63. The number of amides is 1. The molecule has 0 fully saturated rings. The Morgan fingerprint density at radius 2 is 1.28 bits per heavy atom. The number of phosphoric acid groups is 1. The van der Waals surface area contributed by atoms with Gasteiger partial charge in [-0.05, 0) is 67.7 Å². The van der Waals surface area contributed by atoms with Crippen LogP contribution in [0.3, 0.4) is 0 Å². The summed E-state index contributed by atoms with van der Waals surface area (Å²) in [6.45, 7) is 17.2. The van der Waals surface area contributed by atoms with E-state index in [0.717, 1.165) is 4.90 Å². The van der Waals surface area contributed by atoms with Gasteiger partial charge in [-0.2, -0.15) is 0 Å². The number of carbonyl (C=O) groups is 3. The normalized spacial score (nSPS) is 13.2. The van der Waals surface area contributed by atoms with E-state index >= 15 is 0 Å². The van der Waals surface area contributed by atoms with Crippen LogP contribution in [0.1, 0.15) is 82.6 Å². The summed E-state index contributed by atoms with van der Waals surface area (Å²) in [5.74, 6) is -1.25. The topological polar surface area (TPSA) is 127 Å². The van der Waals surface area contributed by atoms with Crippen LogP contribution in [0.2, 0.25) is 0 Å². The van der Waals surface area contributed by atoms with E-state index in [4.69, 9.17) is 39.4 Å². The van der Waals surface area contributed by atoms with Crippen LogP contribution in [0.25, 0.3) is 0 Å². The largest absolute Gasteiger partial charge is 0.478 e. The molecule has 0 heterocycles. The third-order valence-electron chi connectivity index (χ3n) is 3.62. The first-order valence-corrected chi connectivity index (χ1v) is 13.5. The van der Waals surface area contributed by atoms with Crippen molar-refractivity contribution in [3.63, 3.8) is 0 Å². The number of hydrogen-bond acceptors (Lipinski definition) is 10. The number of carbonyl (C=O) groups excluding carboxylic acids is 3. The fraction of sp³-hybridized carbons (Fsp3) is 0.870. The van der Waals surface area contributed by atoms with Crippen LogP contribution in [-0.4, -0.2) is 65.7 Å². The third kappa shape index (κ3) is 17.1. The summed E-state index contributed by atoms with van der Waals surface area (Å²) in [5, 5.41) is 0. The molecule has 0 bridgehead atoms. The predicted molar refractivity (Wildman–Crippen MR) is 134 cm³/mol. The Kier molecular flexibility index (Phi) is 12.9. The number of esters is 2. The highest BCUT2D eigenvalue weighted by atomic mass is 35.5. The summed E-state index contributed by atoms with van der Waals surface area (Å²) >= 11 is 5.44. The van der Waals surface area contributed by atoms with Crippen LogP contribution in [0.4, 0.5) is 4.79 Å². The molecule has 0 saturated carbocycles. The molecule has 0 aliphatic carbocycles. The Bertz CT molecular complexity index is 776. The van der Waals surface area contributed by atoms with Crippen molar-refractivity contribution in [1.29, 1.82) is 0 Å². The van der Waals surface area contributed by atoms with Gasteiger partial charge in [0.1, 0.15) is 12.1 Å². The number of alkyl halides is 1. The van der Waals surface area contributed by atoms with Gasteiger partial charge in [-0.25, -0.2) is 13.9 Å². The highest BCUT2D eigenvalue weighted by Crippen LogP contribution is 2.55. The summed E-state index contributed by atoms with van der Waals surface area (Å²) in [5.41, 5.74) is -3.36. The molecule has 0 aliphatic heterocycles. The maximum atomic E-state index is 13.1. The molecule has 13 heteroatoms. The molecule has 0 saturated heterocycles. The number of ether oxygens (including phenoxy) is 3. The summed E-state index contributed by atoms with van der Waals surface area (Å²) in [6.07, 6.45) is -1.04. The number of nitrogens with zero attached hydrogens (tertiary/aromatic N) is 1. The van der Waals surface area contributed by atoms with Crippen molar-refractivity contribution in [3.05, 3.63) is 0 Å². The van der Waals surface area contributed by atoms with Gasteiger partial charge in [0.25, 0.3) is 0 Å². The molecule has 0 aromatic carbocycles.